The molecule has 0 N–H and O–H groups in total. The summed E-state index contributed by atoms with van der Waals surface area (Å²) < 4.78 is 32.8. The van der Waals surface area contributed by atoms with Gasteiger partial charge in [-0.25, -0.2) is 9.36 Å². The van der Waals surface area contributed by atoms with Crippen molar-refractivity contribution in [2.24, 2.45) is 0 Å². The highest BCUT2D eigenvalue weighted by molar-refractivity contribution is 7.48. The molecule has 0 heterocycles. The Morgan fingerprint density at radius 3 is 2.52 bits per heavy atom. The maximum absolute atomic E-state index is 12.5. The number of rotatable bonds is 8. The van der Waals surface area contributed by atoms with E-state index >= 15 is 0 Å². The van der Waals surface area contributed by atoms with E-state index in [0.29, 0.717) is 6.42 Å². The highest BCUT2D eigenvalue weighted by Crippen LogP contribution is 2.51. The molecule has 7 heteroatoms. The van der Waals surface area contributed by atoms with Crippen molar-refractivity contribution >= 4 is 13.8 Å². The molecule has 1 aliphatic carbocycles. The van der Waals surface area contributed by atoms with E-state index in [0.717, 1.165) is 19.3 Å². The molecule has 0 aromatic carbocycles. The van der Waals surface area contributed by atoms with E-state index in [4.69, 9.17) is 13.6 Å². The van der Waals surface area contributed by atoms with E-state index in [2.05, 4.69) is 22.7 Å². The predicted molar refractivity (Wildman–Crippen MR) is 86.7 cm³/mol. The third-order valence-electron chi connectivity index (χ3n) is 3.18. The number of hydrogen-bond donors (Lipinski definition) is 0. The van der Waals surface area contributed by atoms with Gasteiger partial charge in [0.15, 0.2) is 0 Å². The Hall–Kier alpha value is -1.12. The van der Waals surface area contributed by atoms with Crippen LogP contribution >= 0.6 is 7.82 Å². The minimum absolute atomic E-state index is 0.192. The van der Waals surface area contributed by atoms with Crippen LogP contribution in [0.4, 0.5) is 0 Å². The Kier molecular flexibility index (Phi) is 9.20. The van der Waals surface area contributed by atoms with Crippen LogP contribution in [0.1, 0.15) is 46.0 Å². The normalized spacial score (nSPS) is 16.0. The maximum Gasteiger partial charge on any atom is 0.475 e. The number of allylic oxidation sites excluding steroid dienone is 1. The second kappa shape index (κ2) is 10.6. The fourth-order valence-electron chi connectivity index (χ4n) is 2.20. The molecule has 0 fully saturated rings. The van der Waals surface area contributed by atoms with Crippen LogP contribution in [0.3, 0.4) is 0 Å². The molecule has 1 rings (SSSR count). The lowest BCUT2D eigenvalue weighted by atomic mass is 9.95. The molecule has 130 valence electrons. The molecule has 0 saturated heterocycles. The second-order valence-corrected chi connectivity index (χ2v) is 6.57. The van der Waals surface area contributed by atoms with Gasteiger partial charge in [0.2, 0.25) is 0 Å². The summed E-state index contributed by atoms with van der Waals surface area (Å²) >= 11 is 0. The van der Waals surface area contributed by atoms with Crippen molar-refractivity contribution in [3.63, 3.8) is 0 Å². The van der Waals surface area contributed by atoms with Crippen LogP contribution in [-0.4, -0.2) is 32.4 Å². The molecule has 1 atom stereocenters. The van der Waals surface area contributed by atoms with Gasteiger partial charge in [-0.05, 0) is 39.5 Å². The molecule has 0 bridgehead atoms. The fraction of sp³-hybridized carbons (Fsp3) is 0.688. The van der Waals surface area contributed by atoms with Gasteiger partial charge in [-0.2, -0.15) is 0 Å². The van der Waals surface area contributed by atoms with Crippen LogP contribution in [0, 0.1) is 11.8 Å². The standard InChI is InChI=1S/C16H25O6P/c1-4-20-23(18,21-5-2)22-15(11-12-16(17)19-3)13-14-9-7-6-8-10-14/h9,15H,4-8,10,13H2,1-3H3/t15-/m0/s1. The second-order valence-electron chi connectivity index (χ2n) is 4.95. The quantitative estimate of drug-likeness (QED) is 0.220. The molecule has 0 radical (unpaired) electrons. The number of hydrogen-bond acceptors (Lipinski definition) is 6. The SMILES string of the molecule is CCOP(=O)(OCC)O[C@@H](C#CC(=O)OC)CC1=CCCCC1. The van der Waals surface area contributed by atoms with Crippen molar-refractivity contribution in [1.82, 2.24) is 0 Å². The highest BCUT2D eigenvalue weighted by Gasteiger charge is 2.30. The Bertz CT molecular complexity index is 506. The van der Waals surface area contributed by atoms with E-state index in [1.54, 1.807) is 13.8 Å². The molecule has 23 heavy (non-hydrogen) atoms. The summed E-state index contributed by atoms with van der Waals surface area (Å²) in [5.41, 5.74) is 1.18. The molecule has 0 aromatic heterocycles. The first-order chi connectivity index (χ1) is 11.0. The van der Waals surface area contributed by atoms with Gasteiger partial charge in [0.05, 0.1) is 20.3 Å². The van der Waals surface area contributed by atoms with Crippen molar-refractivity contribution in [2.75, 3.05) is 20.3 Å². The molecular formula is C16H25O6P. The van der Waals surface area contributed by atoms with E-state index in [1.165, 1.54) is 19.1 Å². The van der Waals surface area contributed by atoms with Crippen LogP contribution in [-0.2, 0) is 27.7 Å². The van der Waals surface area contributed by atoms with Crippen LogP contribution in [0.25, 0.3) is 0 Å². The molecule has 0 saturated carbocycles. The van der Waals surface area contributed by atoms with Gasteiger partial charge in [-0.3, -0.25) is 13.6 Å². The number of esters is 1. The lowest BCUT2D eigenvalue weighted by Crippen LogP contribution is -2.14. The molecule has 0 aliphatic heterocycles. The monoisotopic (exact) mass is 344 g/mol. The van der Waals surface area contributed by atoms with Crippen molar-refractivity contribution in [2.45, 2.75) is 52.1 Å². The van der Waals surface area contributed by atoms with Crippen LogP contribution in [0.5, 0.6) is 0 Å². The van der Waals surface area contributed by atoms with Crippen molar-refractivity contribution in [3.8, 4) is 11.8 Å². The Balaban J connectivity index is 2.87. The number of phosphoric acid groups is 1. The highest BCUT2D eigenvalue weighted by atomic mass is 31.2. The summed E-state index contributed by atoms with van der Waals surface area (Å²) in [5.74, 6) is 4.34. The summed E-state index contributed by atoms with van der Waals surface area (Å²) in [6, 6.07) is 0. The zero-order chi connectivity index (χ0) is 17.1. The minimum Gasteiger partial charge on any atom is -0.459 e. The van der Waals surface area contributed by atoms with Gasteiger partial charge < -0.3 is 4.74 Å². The van der Waals surface area contributed by atoms with Crippen molar-refractivity contribution in [3.05, 3.63) is 11.6 Å². The zero-order valence-electron chi connectivity index (χ0n) is 14.0. The number of ether oxygens (including phenoxy) is 1. The number of methoxy groups -OCH3 is 1. The average Bonchev–Trinajstić information content (AvgIpc) is 2.53. The summed E-state index contributed by atoms with van der Waals surface area (Å²) in [7, 11) is -2.44. The first kappa shape index (κ1) is 19.9. The Morgan fingerprint density at radius 1 is 1.30 bits per heavy atom. The average molecular weight is 344 g/mol. The lowest BCUT2D eigenvalue weighted by molar-refractivity contribution is -0.133. The molecule has 6 nitrogen and oxygen atoms in total. The van der Waals surface area contributed by atoms with Gasteiger partial charge in [-0.15, -0.1) is 0 Å². The van der Waals surface area contributed by atoms with Crippen LogP contribution < -0.4 is 0 Å². The topological polar surface area (TPSA) is 71.1 Å². The number of carbonyl (C=O) groups is 1. The molecular weight excluding hydrogens is 319 g/mol. The van der Waals surface area contributed by atoms with Gasteiger partial charge >= 0.3 is 13.8 Å². The zero-order valence-corrected chi connectivity index (χ0v) is 14.9. The Labute approximate surface area is 138 Å². The smallest absolute Gasteiger partial charge is 0.459 e. The fourth-order valence-corrected chi connectivity index (χ4v) is 3.47. The summed E-state index contributed by atoms with van der Waals surface area (Å²) in [4.78, 5) is 11.2. The lowest BCUT2D eigenvalue weighted by Gasteiger charge is -2.22. The molecule has 0 aromatic rings. The minimum atomic E-state index is -3.69. The number of carbonyl (C=O) groups excluding carboxylic acids is 1. The van der Waals surface area contributed by atoms with Crippen LogP contribution in [0.2, 0.25) is 0 Å². The third kappa shape index (κ3) is 7.81. The Morgan fingerprint density at radius 2 is 2.00 bits per heavy atom. The van der Waals surface area contributed by atoms with Gasteiger partial charge in [0, 0.05) is 12.3 Å². The maximum atomic E-state index is 12.5. The largest absolute Gasteiger partial charge is 0.475 e. The molecule has 0 amide bonds. The summed E-state index contributed by atoms with van der Waals surface area (Å²) in [6.45, 7) is 3.79. The van der Waals surface area contributed by atoms with Gasteiger partial charge in [-0.1, -0.05) is 17.6 Å². The van der Waals surface area contributed by atoms with E-state index in [1.807, 2.05) is 0 Å². The third-order valence-corrected chi connectivity index (χ3v) is 4.85. The van der Waals surface area contributed by atoms with Crippen molar-refractivity contribution in [1.29, 1.82) is 0 Å². The number of phosphoric ester groups is 1. The molecule has 0 unspecified atom stereocenters. The van der Waals surface area contributed by atoms with E-state index in [9.17, 15) is 9.36 Å². The van der Waals surface area contributed by atoms with Gasteiger partial charge in [0.1, 0.15) is 6.10 Å². The van der Waals surface area contributed by atoms with Crippen molar-refractivity contribution < 1.29 is 27.7 Å². The first-order valence-electron chi connectivity index (χ1n) is 7.88. The van der Waals surface area contributed by atoms with E-state index < -0.39 is 19.9 Å². The molecule has 0 spiro atoms. The van der Waals surface area contributed by atoms with Crippen LogP contribution in [0.15, 0.2) is 11.6 Å². The molecule has 1 aliphatic rings. The summed E-state index contributed by atoms with van der Waals surface area (Å²) in [5, 5.41) is 0. The first-order valence-corrected chi connectivity index (χ1v) is 9.34. The predicted octanol–water partition coefficient (Wildman–Crippen LogP) is 3.62. The summed E-state index contributed by atoms with van der Waals surface area (Å²) in [6.07, 6.45) is 6.10. The van der Waals surface area contributed by atoms with Gasteiger partial charge in [0.25, 0.3) is 0 Å². The van der Waals surface area contributed by atoms with E-state index in [-0.39, 0.29) is 13.2 Å².